The Morgan fingerprint density at radius 3 is 1.50 bits per heavy atom. The Balaban J connectivity index is 2.46. The highest BCUT2D eigenvalue weighted by Crippen LogP contribution is 2.16. The molecule has 0 aliphatic rings. The maximum Gasteiger partial charge on any atom is 0.357 e. The molecule has 1 aromatic heterocycles. The maximum absolute atomic E-state index is 12.3. The number of esters is 2. The van der Waals surface area contributed by atoms with E-state index in [0.29, 0.717) is 19.0 Å². The molecule has 0 unspecified atom stereocenters. The highest BCUT2D eigenvalue weighted by atomic mass is 16.5. The van der Waals surface area contributed by atoms with Gasteiger partial charge in [-0.1, -0.05) is 78.1 Å². The van der Waals surface area contributed by atoms with Gasteiger partial charge in [0.15, 0.2) is 11.4 Å². The molecule has 0 fully saturated rings. The summed E-state index contributed by atoms with van der Waals surface area (Å²) in [5.41, 5.74) is 0.124. The molecule has 0 amide bonds. The molecule has 0 atom stereocenters. The van der Waals surface area contributed by atoms with Crippen molar-refractivity contribution in [2.24, 2.45) is 0 Å². The molecule has 0 radical (unpaired) electrons. The van der Waals surface area contributed by atoms with Crippen molar-refractivity contribution in [3.8, 4) is 5.75 Å². The van der Waals surface area contributed by atoms with Crippen LogP contribution in [-0.4, -0.2) is 37.2 Å². The van der Waals surface area contributed by atoms with E-state index in [1.807, 2.05) is 0 Å². The fourth-order valence-corrected chi connectivity index (χ4v) is 3.07. The summed E-state index contributed by atoms with van der Waals surface area (Å²) in [6.45, 7) is 5.06. The van der Waals surface area contributed by atoms with Crippen LogP contribution in [0.2, 0.25) is 0 Å². The van der Waals surface area contributed by atoms with E-state index in [0.717, 1.165) is 38.5 Å². The summed E-state index contributed by atoms with van der Waals surface area (Å²) in [7, 11) is 1.48. The van der Waals surface area contributed by atoms with E-state index in [1.165, 1.54) is 57.8 Å². The molecule has 6 heteroatoms. The zero-order valence-corrected chi connectivity index (χ0v) is 19.0. The van der Waals surface area contributed by atoms with Crippen LogP contribution in [-0.2, 0) is 9.47 Å². The second-order valence-corrected chi connectivity index (χ2v) is 7.58. The van der Waals surface area contributed by atoms with Gasteiger partial charge in [0.25, 0.3) is 0 Å². The second kappa shape index (κ2) is 16.7. The summed E-state index contributed by atoms with van der Waals surface area (Å²) in [6.07, 6.45) is 13.4. The van der Waals surface area contributed by atoms with Gasteiger partial charge in [-0.2, -0.15) is 0 Å². The molecule has 0 aromatic carbocycles. The van der Waals surface area contributed by atoms with Crippen LogP contribution in [0.1, 0.15) is 112 Å². The number of nitrogens with zero attached hydrogens (tertiary/aromatic N) is 1. The average Bonchev–Trinajstić information content (AvgIpc) is 2.77. The van der Waals surface area contributed by atoms with Gasteiger partial charge in [-0.05, 0) is 12.8 Å². The van der Waals surface area contributed by atoms with Crippen molar-refractivity contribution in [1.29, 1.82) is 0 Å². The van der Waals surface area contributed by atoms with E-state index in [9.17, 15) is 9.59 Å². The molecule has 0 spiro atoms. The number of ether oxygens (including phenoxy) is 3. The Hall–Kier alpha value is -2.11. The molecule has 0 N–H and O–H groups in total. The molecule has 30 heavy (non-hydrogen) atoms. The van der Waals surface area contributed by atoms with Gasteiger partial charge < -0.3 is 14.2 Å². The van der Waals surface area contributed by atoms with Crippen LogP contribution >= 0.6 is 0 Å². The Kier molecular flexibility index (Phi) is 14.4. The van der Waals surface area contributed by atoms with Crippen LogP contribution in [0, 0.1) is 0 Å². The van der Waals surface area contributed by atoms with Gasteiger partial charge >= 0.3 is 11.9 Å². The lowest BCUT2D eigenvalue weighted by Crippen LogP contribution is -2.14. The number of aromatic nitrogens is 1. The van der Waals surface area contributed by atoms with E-state index in [2.05, 4.69) is 18.8 Å². The first-order valence-corrected chi connectivity index (χ1v) is 11.5. The molecule has 170 valence electrons. The monoisotopic (exact) mass is 421 g/mol. The minimum atomic E-state index is -0.549. The maximum atomic E-state index is 12.3. The highest BCUT2D eigenvalue weighted by molar-refractivity contribution is 5.92. The van der Waals surface area contributed by atoms with Crippen molar-refractivity contribution in [1.82, 2.24) is 4.98 Å². The van der Waals surface area contributed by atoms with E-state index < -0.39 is 11.9 Å². The summed E-state index contributed by atoms with van der Waals surface area (Å²) in [6, 6.07) is 2.96. The molecule has 6 nitrogen and oxygen atoms in total. The normalized spacial score (nSPS) is 10.6. The average molecular weight is 422 g/mol. The summed E-state index contributed by atoms with van der Waals surface area (Å²) in [4.78, 5) is 28.8. The third-order valence-corrected chi connectivity index (χ3v) is 4.91. The van der Waals surface area contributed by atoms with Crippen molar-refractivity contribution in [3.63, 3.8) is 0 Å². The summed E-state index contributed by atoms with van der Waals surface area (Å²) in [5.74, 6) is -0.720. The van der Waals surface area contributed by atoms with E-state index in [-0.39, 0.29) is 11.4 Å². The largest absolute Gasteiger partial charge is 0.497 e. The van der Waals surface area contributed by atoms with E-state index >= 15 is 0 Å². The van der Waals surface area contributed by atoms with Gasteiger partial charge in [0, 0.05) is 12.1 Å². The Bertz CT molecular complexity index is 569. The van der Waals surface area contributed by atoms with Crippen molar-refractivity contribution in [2.45, 2.75) is 90.9 Å². The number of hydrogen-bond acceptors (Lipinski definition) is 6. The summed E-state index contributed by atoms with van der Waals surface area (Å²) in [5, 5.41) is 0. The lowest BCUT2D eigenvalue weighted by Gasteiger charge is -2.09. The Labute approximate surface area is 181 Å². The SMILES string of the molecule is CCCCCCCCOC(=O)c1cc(OC)cc(C(=O)OCCCCCCCC)n1. The van der Waals surface area contributed by atoms with Gasteiger partial charge in [-0.15, -0.1) is 0 Å². The van der Waals surface area contributed by atoms with Gasteiger partial charge in [-0.25, -0.2) is 14.6 Å². The standard InChI is InChI=1S/C24H39NO5/c1-4-6-8-10-12-14-16-29-23(26)21-18-20(28-3)19-22(25-21)24(27)30-17-15-13-11-9-7-5-2/h18-19H,4-17H2,1-3H3. The number of carbonyl (C=O) groups is 2. The third-order valence-electron chi connectivity index (χ3n) is 4.91. The van der Waals surface area contributed by atoms with Gasteiger partial charge in [0.2, 0.25) is 0 Å². The summed E-state index contributed by atoms with van der Waals surface area (Å²) >= 11 is 0. The number of methoxy groups -OCH3 is 1. The van der Waals surface area contributed by atoms with Gasteiger partial charge in [0.1, 0.15) is 5.75 Å². The van der Waals surface area contributed by atoms with Crippen LogP contribution in [0.15, 0.2) is 12.1 Å². The first-order chi connectivity index (χ1) is 14.6. The van der Waals surface area contributed by atoms with Crippen LogP contribution in [0.3, 0.4) is 0 Å². The topological polar surface area (TPSA) is 74.7 Å². The number of carbonyl (C=O) groups excluding carboxylic acids is 2. The lowest BCUT2D eigenvalue weighted by molar-refractivity contribution is 0.0481. The van der Waals surface area contributed by atoms with Gasteiger partial charge in [-0.3, -0.25) is 0 Å². The number of pyridine rings is 1. The van der Waals surface area contributed by atoms with Crippen LogP contribution < -0.4 is 4.74 Å². The first-order valence-electron chi connectivity index (χ1n) is 11.5. The Morgan fingerprint density at radius 2 is 1.10 bits per heavy atom. The molecular weight excluding hydrogens is 382 g/mol. The molecule has 0 bridgehead atoms. The van der Waals surface area contributed by atoms with Crippen molar-refractivity contribution >= 4 is 11.9 Å². The molecule has 1 aromatic rings. The molecule has 0 aliphatic heterocycles. The molecule has 1 heterocycles. The minimum absolute atomic E-state index is 0.0619. The number of rotatable bonds is 17. The third kappa shape index (κ3) is 11.2. The fourth-order valence-electron chi connectivity index (χ4n) is 3.07. The molecule has 0 aliphatic carbocycles. The highest BCUT2D eigenvalue weighted by Gasteiger charge is 2.17. The molecule has 1 rings (SSSR count). The van der Waals surface area contributed by atoms with E-state index in [1.54, 1.807) is 0 Å². The van der Waals surface area contributed by atoms with Crippen molar-refractivity contribution in [2.75, 3.05) is 20.3 Å². The zero-order valence-electron chi connectivity index (χ0n) is 19.0. The smallest absolute Gasteiger partial charge is 0.357 e. The zero-order chi connectivity index (χ0) is 22.0. The van der Waals surface area contributed by atoms with Crippen LogP contribution in [0.5, 0.6) is 5.75 Å². The van der Waals surface area contributed by atoms with Crippen molar-refractivity contribution in [3.05, 3.63) is 23.5 Å². The van der Waals surface area contributed by atoms with Crippen LogP contribution in [0.25, 0.3) is 0 Å². The second-order valence-electron chi connectivity index (χ2n) is 7.58. The van der Waals surface area contributed by atoms with Crippen molar-refractivity contribution < 1.29 is 23.8 Å². The number of hydrogen-bond donors (Lipinski definition) is 0. The lowest BCUT2D eigenvalue weighted by atomic mass is 10.1. The van der Waals surface area contributed by atoms with Gasteiger partial charge in [0.05, 0.1) is 20.3 Å². The molecule has 0 saturated heterocycles. The van der Waals surface area contributed by atoms with Crippen LogP contribution in [0.4, 0.5) is 0 Å². The first kappa shape index (κ1) is 25.9. The summed E-state index contributed by atoms with van der Waals surface area (Å²) < 4.78 is 15.8. The quantitative estimate of drug-likeness (QED) is 0.223. The minimum Gasteiger partial charge on any atom is -0.497 e. The predicted octanol–water partition coefficient (Wildman–Crippen LogP) is 6.12. The molecule has 0 saturated carbocycles. The number of unbranched alkanes of at least 4 members (excludes halogenated alkanes) is 10. The Morgan fingerprint density at radius 1 is 0.700 bits per heavy atom. The molecular formula is C24H39NO5. The van der Waals surface area contributed by atoms with E-state index in [4.69, 9.17) is 14.2 Å². The predicted molar refractivity (Wildman–Crippen MR) is 118 cm³/mol. The fraction of sp³-hybridized carbons (Fsp3) is 0.708.